The van der Waals surface area contributed by atoms with Crippen LogP contribution in [0.1, 0.15) is 0 Å². The molecule has 12 heavy (non-hydrogen) atoms. The highest BCUT2D eigenvalue weighted by Crippen LogP contribution is 2.41. The van der Waals surface area contributed by atoms with Gasteiger partial charge < -0.3 is 24.6 Å². The minimum atomic E-state index is -5.03. The molecule has 9 nitrogen and oxygen atoms in total. The second-order valence-corrected chi connectivity index (χ2v) is 3.88. The summed E-state index contributed by atoms with van der Waals surface area (Å²) in [7, 11) is -12.7. The molecular weight excluding hydrogens is 217 g/mol. The van der Waals surface area contributed by atoms with E-state index in [0.717, 1.165) is 0 Å². The van der Waals surface area contributed by atoms with Gasteiger partial charge in [-0.3, -0.25) is 8.88 Å². The van der Waals surface area contributed by atoms with Crippen LogP contribution in [0.5, 0.6) is 0 Å². The van der Waals surface area contributed by atoms with Crippen LogP contribution in [0.4, 0.5) is 0 Å². The molecule has 0 aliphatic carbocycles. The van der Waals surface area contributed by atoms with Crippen molar-refractivity contribution in [3.8, 4) is 0 Å². The number of phosphoric acid groups is 2. The van der Waals surface area contributed by atoms with Crippen LogP contribution in [-0.4, -0.2) is 31.9 Å². The highest BCUT2D eigenvalue weighted by Gasteiger charge is 2.34. The van der Waals surface area contributed by atoms with Crippen molar-refractivity contribution in [2.45, 2.75) is 0 Å². The van der Waals surface area contributed by atoms with Crippen LogP contribution in [0.25, 0.3) is 0 Å². The summed E-state index contributed by atoms with van der Waals surface area (Å²) in [5, 5.41) is 8.29. The van der Waals surface area contributed by atoms with E-state index >= 15 is 0 Å². The first-order valence-electron chi connectivity index (χ1n) is 2.26. The van der Waals surface area contributed by atoms with Crippen LogP contribution >= 0.6 is 15.6 Å². The Bertz CT molecular complexity index is 197. The van der Waals surface area contributed by atoms with Gasteiger partial charge in [-0.15, -0.1) is 0 Å². The van der Waals surface area contributed by atoms with E-state index < -0.39 is 23.0 Å². The summed E-state index contributed by atoms with van der Waals surface area (Å²) < 4.78 is 26.5. The predicted molar refractivity (Wildman–Crippen MR) is 34.2 cm³/mol. The Morgan fingerprint density at radius 2 is 1.17 bits per heavy atom. The molecule has 0 aromatic heterocycles. The SMILES string of the molecule is O=P(O)(O)OB(O)OP(=O)(O)O. The van der Waals surface area contributed by atoms with Crippen LogP contribution in [0, 0.1) is 0 Å². The van der Waals surface area contributed by atoms with E-state index in [4.69, 9.17) is 24.6 Å². The fourth-order valence-corrected chi connectivity index (χ4v) is 0.878. The molecule has 0 heterocycles. The molecule has 0 amide bonds. The quantitative estimate of drug-likeness (QED) is 0.273. The van der Waals surface area contributed by atoms with Crippen LogP contribution in [0.3, 0.4) is 0 Å². The molecule has 0 atom stereocenters. The van der Waals surface area contributed by atoms with Crippen LogP contribution < -0.4 is 0 Å². The van der Waals surface area contributed by atoms with Gasteiger partial charge in [0.1, 0.15) is 0 Å². The summed E-state index contributed by atoms with van der Waals surface area (Å²) in [6.45, 7) is 0. The van der Waals surface area contributed by atoms with Crippen molar-refractivity contribution in [3.05, 3.63) is 0 Å². The van der Waals surface area contributed by atoms with Gasteiger partial charge >= 0.3 is 23.0 Å². The highest BCUT2D eigenvalue weighted by atomic mass is 31.2. The summed E-state index contributed by atoms with van der Waals surface area (Å²) in [5.74, 6) is 0. The van der Waals surface area contributed by atoms with Crippen molar-refractivity contribution in [2.75, 3.05) is 0 Å². The van der Waals surface area contributed by atoms with Gasteiger partial charge in [-0.1, -0.05) is 0 Å². The molecule has 0 bridgehead atoms. The molecule has 0 aliphatic rings. The van der Waals surface area contributed by atoms with E-state index in [1.165, 1.54) is 0 Å². The van der Waals surface area contributed by atoms with Crippen molar-refractivity contribution in [3.63, 3.8) is 0 Å². The van der Waals surface area contributed by atoms with Gasteiger partial charge in [0.2, 0.25) is 0 Å². The van der Waals surface area contributed by atoms with E-state index in [-0.39, 0.29) is 0 Å². The van der Waals surface area contributed by atoms with Gasteiger partial charge in [-0.05, 0) is 0 Å². The zero-order valence-corrected chi connectivity index (χ0v) is 7.13. The van der Waals surface area contributed by atoms with Gasteiger partial charge in [0.15, 0.2) is 0 Å². The third-order valence-electron chi connectivity index (χ3n) is 0.455. The second-order valence-electron chi connectivity index (χ2n) is 1.50. The Balaban J connectivity index is 4.00. The third kappa shape index (κ3) is 8.34. The minimum absolute atomic E-state index is 2.67. The Morgan fingerprint density at radius 3 is 1.33 bits per heavy atom. The van der Waals surface area contributed by atoms with Crippen LogP contribution in [0.15, 0.2) is 0 Å². The first-order chi connectivity index (χ1) is 5.10. The standard InChI is InChI=1S/BH5O9P2/c2-1(9-11(3,4)5)10-12(6,7)8/h2H,(H2,3,4,5)(H2,6,7,8). The van der Waals surface area contributed by atoms with Gasteiger partial charge in [-0.2, -0.15) is 0 Å². The van der Waals surface area contributed by atoms with Crippen molar-refractivity contribution in [1.82, 2.24) is 0 Å². The molecule has 0 aromatic rings. The normalized spacial score (nSPS) is 13.1. The second kappa shape index (κ2) is 3.97. The smallest absolute Gasteiger partial charge is 0.401 e. The molecule has 0 spiro atoms. The minimum Gasteiger partial charge on any atom is -0.401 e. The Morgan fingerprint density at radius 1 is 0.917 bits per heavy atom. The third-order valence-corrected chi connectivity index (χ3v) is 1.36. The number of hydrogen-bond acceptors (Lipinski definition) is 5. The molecule has 0 aliphatic heterocycles. The molecular formula is H5BO9P2. The first-order valence-corrected chi connectivity index (χ1v) is 5.32. The first kappa shape index (κ1) is 12.2. The molecule has 0 aromatic carbocycles. The molecule has 5 N–H and O–H groups in total. The van der Waals surface area contributed by atoms with E-state index in [0.29, 0.717) is 0 Å². The Labute approximate surface area is 66.6 Å². The van der Waals surface area contributed by atoms with Gasteiger partial charge in [-0.25, -0.2) is 9.13 Å². The molecule has 0 radical (unpaired) electrons. The van der Waals surface area contributed by atoms with Crippen molar-refractivity contribution < 1.29 is 42.6 Å². The summed E-state index contributed by atoms with van der Waals surface area (Å²) in [5.41, 5.74) is 0. The fourth-order valence-electron chi connectivity index (χ4n) is 0.254. The van der Waals surface area contributed by atoms with Crippen LogP contribution in [-0.2, 0) is 18.0 Å². The van der Waals surface area contributed by atoms with E-state index in [1.54, 1.807) is 0 Å². The van der Waals surface area contributed by atoms with E-state index in [1.807, 2.05) is 0 Å². The lowest BCUT2D eigenvalue weighted by molar-refractivity contribution is 0.197. The molecule has 72 valence electrons. The van der Waals surface area contributed by atoms with Crippen molar-refractivity contribution in [2.24, 2.45) is 0 Å². The summed E-state index contributed by atoms with van der Waals surface area (Å²) >= 11 is 0. The van der Waals surface area contributed by atoms with Gasteiger partial charge in [0.05, 0.1) is 0 Å². The largest absolute Gasteiger partial charge is 0.653 e. The zero-order chi connectivity index (χ0) is 9.99. The van der Waals surface area contributed by atoms with Crippen molar-refractivity contribution in [1.29, 1.82) is 0 Å². The Kier molecular flexibility index (Phi) is 4.05. The lowest BCUT2D eigenvalue weighted by Gasteiger charge is -2.09. The number of rotatable bonds is 4. The average Bonchev–Trinajstić information content (AvgIpc) is 1.49. The maximum absolute atomic E-state index is 9.91. The van der Waals surface area contributed by atoms with Crippen LogP contribution in [0.2, 0.25) is 0 Å². The van der Waals surface area contributed by atoms with Gasteiger partial charge in [0, 0.05) is 0 Å². The molecule has 0 saturated carbocycles. The molecule has 0 fully saturated rings. The van der Waals surface area contributed by atoms with Gasteiger partial charge in [0.25, 0.3) is 0 Å². The lowest BCUT2D eigenvalue weighted by atomic mass is 10.3. The summed E-state index contributed by atoms with van der Waals surface area (Å²) in [6, 6.07) is 0. The fraction of sp³-hybridized carbons (Fsp3) is 0. The lowest BCUT2D eigenvalue weighted by Crippen LogP contribution is -2.19. The van der Waals surface area contributed by atoms with Crippen molar-refractivity contribution >= 4 is 23.0 Å². The monoisotopic (exact) mass is 222 g/mol. The predicted octanol–water partition coefficient (Wildman–Crippen LogP) is -1.82. The topological polar surface area (TPSA) is 154 Å². The maximum Gasteiger partial charge on any atom is 0.653 e. The zero-order valence-electron chi connectivity index (χ0n) is 5.34. The highest BCUT2D eigenvalue weighted by molar-refractivity contribution is 7.49. The number of hydrogen-bond donors (Lipinski definition) is 5. The van der Waals surface area contributed by atoms with E-state index in [2.05, 4.69) is 8.88 Å². The summed E-state index contributed by atoms with van der Waals surface area (Å²) in [4.78, 5) is 31.9. The average molecular weight is 222 g/mol. The van der Waals surface area contributed by atoms with E-state index in [9.17, 15) is 9.13 Å². The summed E-state index contributed by atoms with van der Waals surface area (Å²) in [6.07, 6.45) is 0. The molecule has 12 heteroatoms. The Hall–Kier alpha value is 0.245. The molecule has 0 saturated heterocycles. The maximum atomic E-state index is 9.91. The molecule has 0 unspecified atom stereocenters. The molecule has 0 rings (SSSR count).